The van der Waals surface area contributed by atoms with E-state index in [1.807, 2.05) is 24.3 Å². The van der Waals surface area contributed by atoms with Gasteiger partial charge >= 0.3 is 0 Å². The lowest BCUT2D eigenvalue weighted by Crippen LogP contribution is -2.44. The Hall–Kier alpha value is -1.80. The number of hydrogen-bond acceptors (Lipinski definition) is 6. The molecule has 2 aromatic rings. The van der Waals surface area contributed by atoms with E-state index in [0.717, 1.165) is 50.9 Å². The highest BCUT2D eigenvalue weighted by Gasteiger charge is 2.22. The molecule has 31 heavy (non-hydrogen) atoms. The predicted octanol–water partition coefficient (Wildman–Crippen LogP) is 4.24. The number of aromatic nitrogens is 1. The standard InChI is InChI=1S/C24H34N4O2S/c1-17-8-10-27(11-9-17)15-22-16-31-24(25-22)26-23(29)21-6-4-20(5-7-21)14-28-12-18(2)30-19(3)13-28/h4-7,16-19H,8-15H2,1-3H3,(H,25,26,29). The number of anilines is 1. The van der Waals surface area contributed by atoms with E-state index in [9.17, 15) is 4.79 Å². The van der Waals surface area contributed by atoms with Crippen LogP contribution >= 0.6 is 11.3 Å². The summed E-state index contributed by atoms with van der Waals surface area (Å²) >= 11 is 1.50. The first kappa shape index (κ1) is 22.4. The van der Waals surface area contributed by atoms with Crippen LogP contribution in [0.3, 0.4) is 0 Å². The van der Waals surface area contributed by atoms with Gasteiger partial charge in [-0.15, -0.1) is 11.3 Å². The molecule has 0 aliphatic carbocycles. The Labute approximate surface area is 189 Å². The summed E-state index contributed by atoms with van der Waals surface area (Å²) in [5.41, 5.74) is 2.92. The zero-order chi connectivity index (χ0) is 21.8. The van der Waals surface area contributed by atoms with Crippen molar-refractivity contribution < 1.29 is 9.53 Å². The van der Waals surface area contributed by atoms with Gasteiger partial charge in [-0.25, -0.2) is 4.98 Å². The fraction of sp³-hybridized carbons (Fsp3) is 0.583. The number of piperidine rings is 1. The summed E-state index contributed by atoms with van der Waals surface area (Å²) in [7, 11) is 0. The van der Waals surface area contributed by atoms with Gasteiger partial charge in [0.05, 0.1) is 17.9 Å². The van der Waals surface area contributed by atoms with Crippen molar-refractivity contribution in [3.8, 4) is 0 Å². The molecule has 2 unspecified atom stereocenters. The minimum Gasteiger partial charge on any atom is -0.373 e. The Balaban J connectivity index is 1.28. The highest BCUT2D eigenvalue weighted by molar-refractivity contribution is 7.13. The van der Waals surface area contributed by atoms with Crippen LogP contribution in [0.25, 0.3) is 0 Å². The van der Waals surface area contributed by atoms with Crippen LogP contribution in [-0.4, -0.2) is 59.1 Å². The Morgan fingerprint density at radius 2 is 1.74 bits per heavy atom. The van der Waals surface area contributed by atoms with E-state index in [1.54, 1.807) is 0 Å². The molecule has 2 aliphatic rings. The van der Waals surface area contributed by atoms with Crippen LogP contribution in [0.5, 0.6) is 0 Å². The number of rotatable bonds is 6. The van der Waals surface area contributed by atoms with Crippen molar-refractivity contribution in [2.45, 2.75) is 58.9 Å². The molecule has 4 rings (SSSR count). The summed E-state index contributed by atoms with van der Waals surface area (Å²) in [5, 5.41) is 5.69. The van der Waals surface area contributed by atoms with Gasteiger partial charge in [0.1, 0.15) is 0 Å². The van der Waals surface area contributed by atoms with Crippen LogP contribution in [0.2, 0.25) is 0 Å². The van der Waals surface area contributed by atoms with E-state index in [1.165, 1.54) is 29.7 Å². The number of carbonyl (C=O) groups is 1. The maximum Gasteiger partial charge on any atom is 0.257 e. The fourth-order valence-corrected chi connectivity index (χ4v) is 5.19. The number of ether oxygens (including phenoxy) is 1. The van der Waals surface area contributed by atoms with Gasteiger partial charge in [0.25, 0.3) is 5.91 Å². The summed E-state index contributed by atoms with van der Waals surface area (Å²) < 4.78 is 5.81. The van der Waals surface area contributed by atoms with Crippen LogP contribution in [0.1, 0.15) is 55.2 Å². The van der Waals surface area contributed by atoms with Crippen molar-refractivity contribution in [2.75, 3.05) is 31.5 Å². The second-order valence-electron chi connectivity index (χ2n) is 9.21. The van der Waals surface area contributed by atoms with Crippen LogP contribution in [0.4, 0.5) is 5.13 Å². The highest BCUT2D eigenvalue weighted by atomic mass is 32.1. The summed E-state index contributed by atoms with van der Waals surface area (Å²) in [6.45, 7) is 12.5. The molecule has 0 radical (unpaired) electrons. The van der Waals surface area contributed by atoms with E-state index in [0.29, 0.717) is 10.7 Å². The Kier molecular flexibility index (Phi) is 7.38. The molecule has 1 N–H and O–H groups in total. The molecular formula is C24H34N4O2S. The number of nitrogens with one attached hydrogen (secondary N) is 1. The first-order chi connectivity index (χ1) is 14.9. The lowest BCUT2D eigenvalue weighted by atomic mass is 9.99. The number of carbonyl (C=O) groups excluding carboxylic acids is 1. The average Bonchev–Trinajstić information content (AvgIpc) is 3.16. The van der Waals surface area contributed by atoms with Crippen LogP contribution in [0.15, 0.2) is 29.6 Å². The van der Waals surface area contributed by atoms with Crippen molar-refractivity contribution in [1.82, 2.24) is 14.8 Å². The van der Waals surface area contributed by atoms with Crippen molar-refractivity contribution in [2.24, 2.45) is 5.92 Å². The van der Waals surface area contributed by atoms with Gasteiger partial charge in [0, 0.05) is 37.1 Å². The molecule has 168 valence electrons. The molecule has 2 saturated heterocycles. The quantitative estimate of drug-likeness (QED) is 0.725. The smallest absolute Gasteiger partial charge is 0.257 e. The maximum atomic E-state index is 12.7. The average molecular weight is 443 g/mol. The van der Waals surface area contributed by atoms with Gasteiger partial charge in [0.15, 0.2) is 5.13 Å². The van der Waals surface area contributed by atoms with Crippen molar-refractivity contribution >= 4 is 22.4 Å². The number of morpholine rings is 1. The van der Waals surface area contributed by atoms with Crippen LogP contribution < -0.4 is 5.32 Å². The largest absolute Gasteiger partial charge is 0.373 e. The monoisotopic (exact) mass is 442 g/mol. The number of nitrogens with zero attached hydrogens (tertiary/aromatic N) is 3. The molecule has 1 aromatic heterocycles. The van der Waals surface area contributed by atoms with Crippen LogP contribution in [-0.2, 0) is 17.8 Å². The molecule has 2 fully saturated rings. The second kappa shape index (κ2) is 10.2. The van der Waals surface area contributed by atoms with Crippen LogP contribution in [0, 0.1) is 5.92 Å². The lowest BCUT2D eigenvalue weighted by molar-refractivity contribution is -0.0704. The minimum atomic E-state index is -0.104. The molecule has 3 heterocycles. The lowest BCUT2D eigenvalue weighted by Gasteiger charge is -2.35. The van der Waals surface area contributed by atoms with E-state index >= 15 is 0 Å². The molecule has 0 saturated carbocycles. The van der Waals surface area contributed by atoms with Gasteiger partial charge in [0.2, 0.25) is 0 Å². The third-order valence-corrected chi connectivity index (χ3v) is 6.96. The third-order valence-electron chi connectivity index (χ3n) is 6.15. The molecule has 2 aliphatic heterocycles. The molecule has 0 bridgehead atoms. The topological polar surface area (TPSA) is 57.7 Å². The number of thiazole rings is 1. The minimum absolute atomic E-state index is 0.104. The van der Waals surface area contributed by atoms with Crippen molar-refractivity contribution in [1.29, 1.82) is 0 Å². The third kappa shape index (κ3) is 6.35. The number of likely N-dealkylation sites (tertiary alicyclic amines) is 1. The van der Waals surface area contributed by atoms with E-state index in [4.69, 9.17) is 4.74 Å². The fourth-order valence-electron chi connectivity index (χ4n) is 4.49. The van der Waals surface area contributed by atoms with E-state index in [-0.39, 0.29) is 18.1 Å². The molecule has 2 atom stereocenters. The Morgan fingerprint density at radius 1 is 1.06 bits per heavy atom. The number of hydrogen-bond donors (Lipinski definition) is 1. The summed E-state index contributed by atoms with van der Waals surface area (Å²) in [4.78, 5) is 22.1. The molecule has 7 heteroatoms. The zero-order valence-electron chi connectivity index (χ0n) is 18.8. The van der Waals surface area contributed by atoms with Crippen molar-refractivity contribution in [3.63, 3.8) is 0 Å². The van der Waals surface area contributed by atoms with E-state index < -0.39 is 0 Å². The summed E-state index contributed by atoms with van der Waals surface area (Å²) in [6, 6.07) is 7.90. The summed E-state index contributed by atoms with van der Waals surface area (Å²) in [5.74, 6) is 0.724. The van der Waals surface area contributed by atoms with E-state index in [2.05, 4.69) is 46.3 Å². The van der Waals surface area contributed by atoms with Gasteiger partial charge in [-0.1, -0.05) is 19.1 Å². The van der Waals surface area contributed by atoms with Gasteiger partial charge in [-0.3, -0.25) is 19.9 Å². The molecule has 6 nitrogen and oxygen atoms in total. The van der Waals surface area contributed by atoms with Gasteiger partial charge in [-0.05, 0) is 63.4 Å². The predicted molar refractivity (Wildman–Crippen MR) is 125 cm³/mol. The Bertz CT molecular complexity index is 851. The molecular weight excluding hydrogens is 408 g/mol. The molecule has 1 amide bonds. The SMILES string of the molecule is CC1CCN(Cc2csc(NC(=O)c3ccc(CN4CC(C)OC(C)C4)cc3)n2)CC1. The first-order valence-corrected chi connectivity index (χ1v) is 12.3. The first-order valence-electron chi connectivity index (χ1n) is 11.4. The number of benzene rings is 1. The second-order valence-corrected chi connectivity index (χ2v) is 10.1. The molecule has 1 aromatic carbocycles. The number of amides is 1. The van der Waals surface area contributed by atoms with Gasteiger partial charge < -0.3 is 4.74 Å². The Morgan fingerprint density at radius 3 is 2.42 bits per heavy atom. The maximum absolute atomic E-state index is 12.7. The zero-order valence-corrected chi connectivity index (χ0v) is 19.7. The highest BCUT2D eigenvalue weighted by Crippen LogP contribution is 2.22. The van der Waals surface area contributed by atoms with Crippen molar-refractivity contribution in [3.05, 3.63) is 46.5 Å². The van der Waals surface area contributed by atoms with Gasteiger partial charge in [-0.2, -0.15) is 0 Å². The molecule has 0 spiro atoms. The normalized spacial score (nSPS) is 23.7. The summed E-state index contributed by atoms with van der Waals surface area (Å²) in [6.07, 6.45) is 3.03.